The largest absolute Gasteiger partial charge is 0.309 e. The lowest BCUT2D eigenvalue weighted by atomic mass is 10.1. The van der Waals surface area contributed by atoms with Crippen molar-refractivity contribution in [1.29, 1.82) is 15.8 Å². The first kappa shape index (κ1) is 28.4. The third-order valence-corrected chi connectivity index (χ3v) is 10.1. The Kier molecular flexibility index (Phi) is 5.97. The molecule has 6 nitrogen and oxygen atoms in total. The molecule has 0 aliphatic heterocycles. The van der Waals surface area contributed by atoms with Crippen molar-refractivity contribution in [3.63, 3.8) is 0 Å². The van der Waals surface area contributed by atoms with Gasteiger partial charge in [-0.2, -0.15) is 15.8 Å². The van der Waals surface area contributed by atoms with Crippen LogP contribution < -0.4 is 0 Å². The molecule has 51 heavy (non-hydrogen) atoms. The molecule has 10 rings (SSSR count). The van der Waals surface area contributed by atoms with E-state index in [2.05, 4.69) is 123 Å². The Labute approximate surface area is 291 Å². The second-order valence-corrected chi connectivity index (χ2v) is 12.8. The van der Waals surface area contributed by atoms with Crippen LogP contribution in [0.15, 0.2) is 146 Å². The fourth-order valence-electron chi connectivity index (χ4n) is 7.95. The van der Waals surface area contributed by atoms with Gasteiger partial charge < -0.3 is 13.7 Å². The number of benzene rings is 7. The molecule has 7 aromatic carbocycles. The van der Waals surface area contributed by atoms with Gasteiger partial charge in [0.25, 0.3) is 0 Å². The zero-order valence-corrected chi connectivity index (χ0v) is 27.0. The summed E-state index contributed by atoms with van der Waals surface area (Å²) in [4.78, 5) is 0. The molecule has 0 atom stereocenters. The molecule has 0 aliphatic carbocycles. The van der Waals surface area contributed by atoms with E-state index in [-0.39, 0.29) is 0 Å². The molecule has 0 saturated heterocycles. The molecule has 10 aromatic rings. The third kappa shape index (κ3) is 4.01. The van der Waals surface area contributed by atoms with Crippen molar-refractivity contribution >= 4 is 65.4 Å². The highest BCUT2D eigenvalue weighted by Crippen LogP contribution is 2.42. The molecule has 0 fully saturated rings. The van der Waals surface area contributed by atoms with Gasteiger partial charge in [-0.15, -0.1) is 0 Å². The lowest BCUT2D eigenvalue weighted by Crippen LogP contribution is -2.00. The topological polar surface area (TPSA) is 86.2 Å². The summed E-state index contributed by atoms with van der Waals surface area (Å²) in [5.74, 6) is 0. The van der Waals surface area contributed by atoms with E-state index >= 15 is 0 Å². The molecule has 0 amide bonds. The van der Waals surface area contributed by atoms with Gasteiger partial charge >= 0.3 is 0 Å². The lowest BCUT2D eigenvalue weighted by Gasteiger charge is -2.14. The van der Waals surface area contributed by atoms with Crippen molar-refractivity contribution in [1.82, 2.24) is 13.7 Å². The maximum Gasteiger partial charge on any atom is 0.0991 e. The molecule has 0 aliphatic rings. The smallest absolute Gasteiger partial charge is 0.0991 e. The lowest BCUT2D eigenvalue weighted by molar-refractivity contribution is 1.12. The molecular formula is C45H24N6. The summed E-state index contributed by atoms with van der Waals surface area (Å²) in [6.45, 7) is 0. The summed E-state index contributed by atoms with van der Waals surface area (Å²) in [5.41, 5.74) is 10.9. The Morgan fingerprint density at radius 1 is 0.314 bits per heavy atom. The molecule has 0 saturated carbocycles. The Balaban J connectivity index is 1.34. The van der Waals surface area contributed by atoms with E-state index in [1.807, 2.05) is 54.6 Å². The van der Waals surface area contributed by atoms with Crippen molar-refractivity contribution in [3.05, 3.63) is 162 Å². The van der Waals surface area contributed by atoms with Crippen LogP contribution in [0.1, 0.15) is 16.7 Å². The summed E-state index contributed by atoms with van der Waals surface area (Å²) in [7, 11) is 0. The fraction of sp³-hybridized carbons (Fsp3) is 0. The van der Waals surface area contributed by atoms with Crippen LogP contribution in [0.3, 0.4) is 0 Å². The van der Waals surface area contributed by atoms with Crippen LogP contribution in [0.25, 0.3) is 82.5 Å². The van der Waals surface area contributed by atoms with Crippen LogP contribution in [0, 0.1) is 34.0 Å². The first-order valence-electron chi connectivity index (χ1n) is 16.6. The van der Waals surface area contributed by atoms with E-state index in [4.69, 9.17) is 0 Å². The quantitative estimate of drug-likeness (QED) is 0.191. The molecule has 3 heterocycles. The zero-order chi connectivity index (χ0) is 34.2. The van der Waals surface area contributed by atoms with Crippen LogP contribution in [-0.2, 0) is 0 Å². The van der Waals surface area contributed by atoms with Gasteiger partial charge in [-0.25, -0.2) is 0 Å². The van der Waals surface area contributed by atoms with Crippen molar-refractivity contribution in [3.8, 4) is 35.3 Å². The van der Waals surface area contributed by atoms with Gasteiger partial charge in [0.1, 0.15) is 0 Å². The Morgan fingerprint density at radius 3 is 1.33 bits per heavy atom. The molecule has 0 radical (unpaired) electrons. The fourth-order valence-corrected chi connectivity index (χ4v) is 7.95. The Hall–Kier alpha value is -7.59. The Morgan fingerprint density at radius 2 is 0.745 bits per heavy atom. The highest BCUT2D eigenvalue weighted by Gasteiger charge is 2.22. The summed E-state index contributed by atoms with van der Waals surface area (Å²) >= 11 is 0. The molecule has 0 N–H and O–H groups in total. The summed E-state index contributed by atoms with van der Waals surface area (Å²) in [5, 5.41) is 35.6. The maximum absolute atomic E-state index is 9.93. The van der Waals surface area contributed by atoms with E-state index < -0.39 is 0 Å². The van der Waals surface area contributed by atoms with Gasteiger partial charge in [-0.3, -0.25) is 0 Å². The predicted octanol–water partition coefficient (Wildman–Crippen LogP) is 10.6. The van der Waals surface area contributed by atoms with E-state index in [1.165, 1.54) is 5.39 Å². The SMILES string of the molecule is N#Cc1ccc2c(c1)c1cc(C#N)ccc1n2-c1cccc(-n2c3ccc(C#N)cc3c3ccc4c5ccccc5n(-c5ccccc5)c4c32)c1. The van der Waals surface area contributed by atoms with Crippen molar-refractivity contribution in [2.75, 3.05) is 0 Å². The number of aromatic nitrogens is 3. The first-order valence-corrected chi connectivity index (χ1v) is 16.6. The van der Waals surface area contributed by atoms with Gasteiger partial charge in [-0.1, -0.05) is 54.6 Å². The van der Waals surface area contributed by atoms with Crippen molar-refractivity contribution < 1.29 is 0 Å². The first-order chi connectivity index (χ1) is 25.2. The monoisotopic (exact) mass is 648 g/mol. The van der Waals surface area contributed by atoms with E-state index in [0.29, 0.717) is 16.7 Å². The van der Waals surface area contributed by atoms with Gasteiger partial charge in [-0.05, 0) is 91.0 Å². The molecule has 234 valence electrons. The van der Waals surface area contributed by atoms with Gasteiger partial charge in [0, 0.05) is 49.4 Å². The van der Waals surface area contributed by atoms with Crippen LogP contribution in [-0.4, -0.2) is 13.7 Å². The number of nitrogens with zero attached hydrogens (tertiary/aromatic N) is 6. The van der Waals surface area contributed by atoms with E-state index in [9.17, 15) is 15.8 Å². The number of para-hydroxylation sites is 2. The molecule has 0 spiro atoms. The third-order valence-electron chi connectivity index (χ3n) is 10.1. The minimum Gasteiger partial charge on any atom is -0.309 e. The maximum atomic E-state index is 9.93. The van der Waals surface area contributed by atoms with Crippen LogP contribution >= 0.6 is 0 Å². The van der Waals surface area contributed by atoms with Crippen LogP contribution in [0.4, 0.5) is 0 Å². The van der Waals surface area contributed by atoms with Gasteiger partial charge in [0.05, 0.1) is 68.0 Å². The average molecular weight is 649 g/mol. The predicted molar refractivity (Wildman–Crippen MR) is 204 cm³/mol. The summed E-state index contributed by atoms with van der Waals surface area (Å²) < 4.78 is 6.88. The standard InChI is InChI=1S/C45H24N6/c46-25-28-15-20-43-37(21-28)36-17-16-35-34-11-4-5-12-40(34)50(31-7-2-1-3-8-31)44(35)45(36)51(43)33-10-6-9-32(24-33)49-41-18-13-29(26-47)22-38(41)39-23-30(27-48)14-19-42(39)49/h1-24H. The second-order valence-electron chi connectivity index (χ2n) is 12.8. The highest BCUT2D eigenvalue weighted by molar-refractivity contribution is 6.24. The molecule has 6 heteroatoms. The van der Waals surface area contributed by atoms with Gasteiger partial charge in [0.15, 0.2) is 0 Å². The van der Waals surface area contributed by atoms with Crippen molar-refractivity contribution in [2.24, 2.45) is 0 Å². The average Bonchev–Trinajstić information content (AvgIpc) is 3.83. The minimum absolute atomic E-state index is 0.567. The van der Waals surface area contributed by atoms with E-state index in [1.54, 1.807) is 0 Å². The van der Waals surface area contributed by atoms with Crippen LogP contribution in [0.5, 0.6) is 0 Å². The number of fused-ring (bicyclic) bond motifs is 10. The summed E-state index contributed by atoms with van der Waals surface area (Å²) in [6.07, 6.45) is 0. The summed E-state index contributed by atoms with van der Waals surface area (Å²) in [6, 6.07) is 56.2. The molecular weight excluding hydrogens is 625 g/mol. The van der Waals surface area contributed by atoms with E-state index in [0.717, 1.165) is 77.1 Å². The highest BCUT2D eigenvalue weighted by atomic mass is 15.1. The van der Waals surface area contributed by atoms with Crippen molar-refractivity contribution in [2.45, 2.75) is 0 Å². The molecule has 3 aromatic heterocycles. The normalized spacial score (nSPS) is 11.5. The molecule has 0 bridgehead atoms. The minimum atomic E-state index is 0.567. The number of hydrogen-bond acceptors (Lipinski definition) is 3. The second kappa shape index (κ2) is 10.7. The van der Waals surface area contributed by atoms with Crippen LogP contribution in [0.2, 0.25) is 0 Å². The number of hydrogen-bond donors (Lipinski definition) is 0. The molecule has 0 unspecified atom stereocenters. The van der Waals surface area contributed by atoms with Gasteiger partial charge in [0.2, 0.25) is 0 Å². The number of rotatable bonds is 3. The number of nitriles is 3. The zero-order valence-electron chi connectivity index (χ0n) is 27.0. The Bertz CT molecular complexity index is 3150.